The summed E-state index contributed by atoms with van der Waals surface area (Å²) in [7, 11) is 2.05. The minimum absolute atomic E-state index is 0.0810. The highest BCUT2D eigenvalue weighted by Crippen LogP contribution is 2.25. The molecule has 0 saturated carbocycles. The molecule has 0 bridgehead atoms. The predicted octanol–water partition coefficient (Wildman–Crippen LogP) is 3.09. The van der Waals surface area contributed by atoms with Crippen molar-refractivity contribution < 1.29 is 9.13 Å². The van der Waals surface area contributed by atoms with Crippen molar-refractivity contribution >= 4 is 15.9 Å². The number of ether oxygens (including phenoxy) is 1. The molecule has 2 atom stereocenters. The van der Waals surface area contributed by atoms with E-state index in [2.05, 4.69) is 20.8 Å². The number of nitrogens with zero attached hydrogens (tertiary/aromatic N) is 1. The molecule has 0 radical (unpaired) electrons. The molecular weight excluding hydrogens is 323 g/mol. The molecule has 1 heterocycles. The third kappa shape index (κ3) is 4.01. The molecule has 0 amide bonds. The van der Waals surface area contributed by atoms with Crippen LogP contribution in [0.5, 0.6) is 0 Å². The van der Waals surface area contributed by atoms with Gasteiger partial charge in [-0.15, -0.1) is 0 Å². The van der Waals surface area contributed by atoms with E-state index >= 15 is 0 Å². The monoisotopic (exact) mass is 344 g/mol. The molecule has 0 aliphatic carbocycles. The number of halogens is 2. The molecule has 2 unspecified atom stereocenters. The lowest BCUT2D eigenvalue weighted by molar-refractivity contribution is -0.00778. The summed E-state index contributed by atoms with van der Waals surface area (Å²) in [5.74, 6) is -0.247. The first kappa shape index (κ1) is 15.9. The summed E-state index contributed by atoms with van der Waals surface area (Å²) in [5.41, 5.74) is 6.93. The van der Waals surface area contributed by atoms with Gasteiger partial charge in [0, 0.05) is 25.7 Å². The highest BCUT2D eigenvalue weighted by atomic mass is 79.9. The van der Waals surface area contributed by atoms with Gasteiger partial charge in [-0.25, -0.2) is 4.39 Å². The number of rotatable bonds is 5. The van der Waals surface area contributed by atoms with Gasteiger partial charge in [-0.2, -0.15) is 0 Å². The fourth-order valence-corrected chi connectivity index (χ4v) is 3.09. The molecule has 2 N–H and O–H groups in total. The summed E-state index contributed by atoms with van der Waals surface area (Å²) in [5, 5.41) is 0. The zero-order valence-corrected chi connectivity index (χ0v) is 13.4. The summed E-state index contributed by atoms with van der Waals surface area (Å²) in [6.45, 7) is 2.21. The van der Waals surface area contributed by atoms with Crippen molar-refractivity contribution in [2.45, 2.75) is 31.4 Å². The van der Waals surface area contributed by atoms with E-state index in [1.54, 1.807) is 6.07 Å². The first-order valence-corrected chi connectivity index (χ1v) is 7.88. The third-order valence-electron chi connectivity index (χ3n) is 3.85. The molecule has 3 nitrogen and oxygen atoms in total. The quantitative estimate of drug-likeness (QED) is 0.891. The van der Waals surface area contributed by atoms with Crippen LogP contribution in [0, 0.1) is 5.82 Å². The number of nitrogens with two attached hydrogens (primary N) is 1. The fourth-order valence-electron chi connectivity index (χ4n) is 2.69. The summed E-state index contributed by atoms with van der Waals surface area (Å²) < 4.78 is 19.6. The molecule has 1 fully saturated rings. The molecule has 1 aromatic rings. The van der Waals surface area contributed by atoms with E-state index < -0.39 is 0 Å². The summed E-state index contributed by atoms with van der Waals surface area (Å²) >= 11 is 3.23. The van der Waals surface area contributed by atoms with E-state index in [0.29, 0.717) is 11.0 Å². The smallest absolute Gasteiger partial charge is 0.137 e. The number of hydrogen-bond donors (Lipinski definition) is 1. The first-order chi connectivity index (χ1) is 9.61. The zero-order valence-electron chi connectivity index (χ0n) is 11.8. The Hall–Kier alpha value is -0.490. The van der Waals surface area contributed by atoms with E-state index in [9.17, 15) is 4.39 Å². The van der Waals surface area contributed by atoms with Crippen LogP contribution in [0.3, 0.4) is 0 Å². The van der Waals surface area contributed by atoms with Crippen LogP contribution in [0.4, 0.5) is 4.39 Å². The molecule has 0 spiro atoms. The Balaban J connectivity index is 2.03. The lowest BCUT2D eigenvalue weighted by atomic mass is 10.0. The highest BCUT2D eigenvalue weighted by molar-refractivity contribution is 9.10. The van der Waals surface area contributed by atoms with Crippen LogP contribution in [-0.2, 0) is 4.74 Å². The second-order valence-corrected chi connectivity index (χ2v) is 6.21. The lowest BCUT2D eigenvalue weighted by Gasteiger charge is -2.32. The Labute approximate surface area is 128 Å². The van der Waals surface area contributed by atoms with Gasteiger partial charge in [0.05, 0.1) is 10.6 Å². The van der Waals surface area contributed by atoms with Gasteiger partial charge in [0.2, 0.25) is 0 Å². The highest BCUT2D eigenvalue weighted by Gasteiger charge is 2.22. The van der Waals surface area contributed by atoms with Crippen LogP contribution in [0.1, 0.15) is 30.9 Å². The van der Waals surface area contributed by atoms with Crippen molar-refractivity contribution in [2.24, 2.45) is 5.73 Å². The van der Waals surface area contributed by atoms with Gasteiger partial charge >= 0.3 is 0 Å². The van der Waals surface area contributed by atoms with E-state index in [0.717, 1.165) is 31.6 Å². The number of hydrogen-bond acceptors (Lipinski definition) is 3. The molecule has 1 aliphatic heterocycles. The Morgan fingerprint density at radius 1 is 1.50 bits per heavy atom. The van der Waals surface area contributed by atoms with E-state index in [-0.39, 0.29) is 18.0 Å². The van der Waals surface area contributed by atoms with Crippen molar-refractivity contribution in [1.82, 2.24) is 4.90 Å². The van der Waals surface area contributed by atoms with Crippen LogP contribution in [0.25, 0.3) is 0 Å². The van der Waals surface area contributed by atoms with Gasteiger partial charge in [0.25, 0.3) is 0 Å². The Kier molecular flexibility index (Phi) is 5.96. The van der Waals surface area contributed by atoms with Gasteiger partial charge < -0.3 is 10.5 Å². The average molecular weight is 345 g/mol. The molecule has 1 saturated heterocycles. The predicted molar refractivity (Wildman–Crippen MR) is 82.1 cm³/mol. The normalized spacial score (nSPS) is 21.1. The van der Waals surface area contributed by atoms with Crippen molar-refractivity contribution in [2.75, 3.05) is 26.7 Å². The van der Waals surface area contributed by atoms with Crippen molar-refractivity contribution in [3.05, 3.63) is 34.1 Å². The molecular formula is C15H22BrFN2O. The lowest BCUT2D eigenvalue weighted by Crippen LogP contribution is -2.38. The molecule has 0 aromatic heterocycles. The maximum absolute atomic E-state index is 13.3. The third-order valence-corrected chi connectivity index (χ3v) is 4.46. The molecule has 2 rings (SSSR count). The van der Waals surface area contributed by atoms with Gasteiger partial charge in [0.15, 0.2) is 0 Å². The van der Waals surface area contributed by atoms with Gasteiger partial charge in [-0.3, -0.25) is 4.90 Å². The maximum atomic E-state index is 13.3. The van der Waals surface area contributed by atoms with E-state index in [4.69, 9.17) is 10.5 Å². The minimum atomic E-state index is -0.247. The molecule has 5 heteroatoms. The molecule has 1 aromatic carbocycles. The second-order valence-electron chi connectivity index (χ2n) is 5.35. The first-order valence-electron chi connectivity index (χ1n) is 7.08. The maximum Gasteiger partial charge on any atom is 0.137 e. The molecule has 20 heavy (non-hydrogen) atoms. The Morgan fingerprint density at radius 2 is 2.30 bits per heavy atom. The van der Waals surface area contributed by atoms with E-state index in [1.165, 1.54) is 12.5 Å². The fraction of sp³-hybridized carbons (Fsp3) is 0.600. The Bertz CT molecular complexity index is 438. The standard InChI is InChI=1S/C15H22BrFN2O/c1-19(10-12-4-2-3-7-20-12)15(9-18)11-5-6-14(17)13(16)8-11/h5-6,8,12,15H,2-4,7,9-10,18H2,1H3. The molecule has 112 valence electrons. The Morgan fingerprint density at radius 3 is 2.90 bits per heavy atom. The summed E-state index contributed by atoms with van der Waals surface area (Å²) in [4.78, 5) is 2.20. The van der Waals surface area contributed by atoms with E-state index in [1.807, 2.05) is 13.1 Å². The van der Waals surface area contributed by atoms with Crippen LogP contribution in [0.15, 0.2) is 22.7 Å². The minimum Gasteiger partial charge on any atom is -0.377 e. The van der Waals surface area contributed by atoms with Crippen molar-refractivity contribution in [3.63, 3.8) is 0 Å². The second kappa shape index (κ2) is 7.50. The topological polar surface area (TPSA) is 38.5 Å². The van der Waals surface area contributed by atoms with Crippen molar-refractivity contribution in [3.8, 4) is 0 Å². The van der Waals surface area contributed by atoms with Crippen LogP contribution < -0.4 is 5.73 Å². The molecule has 1 aliphatic rings. The average Bonchev–Trinajstić information content (AvgIpc) is 2.44. The number of benzene rings is 1. The zero-order chi connectivity index (χ0) is 14.5. The van der Waals surface area contributed by atoms with Crippen LogP contribution >= 0.6 is 15.9 Å². The van der Waals surface area contributed by atoms with Gasteiger partial charge in [0.1, 0.15) is 5.82 Å². The summed E-state index contributed by atoms with van der Waals surface area (Å²) in [6, 6.07) is 5.17. The SMILES string of the molecule is CN(CC1CCCCO1)C(CN)c1ccc(F)c(Br)c1. The van der Waals surface area contributed by atoms with Gasteiger partial charge in [-0.1, -0.05) is 6.07 Å². The summed E-state index contributed by atoms with van der Waals surface area (Å²) in [6.07, 6.45) is 3.78. The largest absolute Gasteiger partial charge is 0.377 e. The van der Waals surface area contributed by atoms with Crippen molar-refractivity contribution in [1.29, 1.82) is 0 Å². The van der Waals surface area contributed by atoms with Crippen LogP contribution in [-0.4, -0.2) is 37.7 Å². The van der Waals surface area contributed by atoms with Gasteiger partial charge in [-0.05, 0) is 59.9 Å². The van der Waals surface area contributed by atoms with Crippen LogP contribution in [0.2, 0.25) is 0 Å². The number of likely N-dealkylation sites (N-methyl/N-ethyl adjacent to an activating group) is 1.